The molecule has 0 spiro atoms. The highest BCUT2D eigenvalue weighted by Gasteiger charge is 2.62. The third-order valence-electron chi connectivity index (χ3n) is 11.3. The third-order valence-corrected chi connectivity index (χ3v) is 11.3. The van der Waals surface area contributed by atoms with Crippen LogP contribution in [0.25, 0.3) is 0 Å². The summed E-state index contributed by atoms with van der Waals surface area (Å²) in [5.74, 6) is 4.37. The lowest BCUT2D eigenvalue weighted by molar-refractivity contribution is -0.156. The van der Waals surface area contributed by atoms with Gasteiger partial charge in [0.15, 0.2) is 0 Å². The normalized spacial score (nSPS) is 52.5. The van der Waals surface area contributed by atoms with Crippen LogP contribution >= 0.6 is 0 Å². The maximum Gasteiger partial charge on any atom is 0.0648 e. The molecule has 4 saturated carbocycles. The van der Waals surface area contributed by atoms with E-state index in [1.165, 1.54) is 44.9 Å². The van der Waals surface area contributed by atoms with Gasteiger partial charge < -0.3 is 10.2 Å². The quantitative estimate of drug-likeness (QED) is 0.603. The predicted octanol–water partition coefficient (Wildman–Crippen LogP) is 6.19. The molecule has 0 saturated heterocycles. The Kier molecular flexibility index (Phi) is 5.07. The van der Waals surface area contributed by atoms with Crippen molar-refractivity contribution in [3.05, 3.63) is 0 Å². The minimum absolute atomic E-state index is 0.375. The zero-order chi connectivity index (χ0) is 20.5. The van der Waals surface area contributed by atoms with Crippen molar-refractivity contribution in [2.24, 2.45) is 46.3 Å². The van der Waals surface area contributed by atoms with Gasteiger partial charge in [-0.05, 0) is 124 Å². The predicted molar refractivity (Wildman–Crippen MR) is 116 cm³/mol. The van der Waals surface area contributed by atoms with Crippen molar-refractivity contribution in [3.63, 3.8) is 0 Å². The van der Waals surface area contributed by atoms with Gasteiger partial charge in [-0.25, -0.2) is 0 Å². The lowest BCUT2D eigenvalue weighted by atomic mass is 9.43. The minimum Gasteiger partial charge on any atom is -0.390 e. The molecule has 0 amide bonds. The SMILES string of the molecule is CC[C@]1(O)CC[C@@]2(C)[C@@H](CC[C@@H]3[C@@H]2CC[C@]2(C)[C@@H](C(C)C(C)(C)O)CC[C@@H]32)C1. The van der Waals surface area contributed by atoms with Crippen LogP contribution in [0.15, 0.2) is 0 Å². The molecule has 2 nitrogen and oxygen atoms in total. The summed E-state index contributed by atoms with van der Waals surface area (Å²) in [6.45, 7) is 13.7. The third kappa shape index (κ3) is 3.03. The molecule has 0 aromatic rings. The number of hydrogen-bond acceptors (Lipinski definition) is 2. The van der Waals surface area contributed by atoms with Gasteiger partial charge in [-0.2, -0.15) is 0 Å². The average molecular weight is 391 g/mol. The summed E-state index contributed by atoms with van der Waals surface area (Å²) in [4.78, 5) is 0. The second kappa shape index (κ2) is 6.71. The molecule has 9 atom stereocenters. The molecule has 4 aliphatic carbocycles. The molecule has 28 heavy (non-hydrogen) atoms. The van der Waals surface area contributed by atoms with E-state index in [2.05, 4.69) is 27.7 Å². The van der Waals surface area contributed by atoms with Crippen LogP contribution in [0.4, 0.5) is 0 Å². The Balaban J connectivity index is 1.57. The first-order chi connectivity index (χ1) is 12.9. The Bertz CT molecular complexity index is 594. The fourth-order valence-corrected chi connectivity index (χ4v) is 9.00. The van der Waals surface area contributed by atoms with Gasteiger partial charge >= 0.3 is 0 Å². The fraction of sp³-hybridized carbons (Fsp3) is 1.00. The minimum atomic E-state index is -0.572. The summed E-state index contributed by atoms with van der Waals surface area (Å²) in [6.07, 6.45) is 12.3. The second-order valence-electron chi connectivity index (χ2n) is 12.6. The highest BCUT2D eigenvalue weighted by Crippen LogP contribution is 2.69. The molecule has 0 aromatic heterocycles. The largest absolute Gasteiger partial charge is 0.390 e. The Hall–Kier alpha value is -0.0800. The Morgan fingerprint density at radius 2 is 1.61 bits per heavy atom. The summed E-state index contributed by atoms with van der Waals surface area (Å²) in [7, 11) is 0. The fourth-order valence-electron chi connectivity index (χ4n) is 9.00. The lowest BCUT2D eigenvalue weighted by Crippen LogP contribution is -2.56. The lowest BCUT2D eigenvalue weighted by Gasteiger charge is -2.62. The molecule has 4 aliphatic rings. The topological polar surface area (TPSA) is 40.5 Å². The van der Waals surface area contributed by atoms with Crippen LogP contribution in [0.3, 0.4) is 0 Å². The summed E-state index contributed by atoms with van der Waals surface area (Å²) >= 11 is 0. The van der Waals surface area contributed by atoms with E-state index >= 15 is 0 Å². The first-order valence-corrected chi connectivity index (χ1v) is 12.4. The highest BCUT2D eigenvalue weighted by atomic mass is 16.3. The molecule has 0 aromatic carbocycles. The van der Waals surface area contributed by atoms with Crippen LogP contribution in [0.5, 0.6) is 0 Å². The number of rotatable bonds is 3. The maximum atomic E-state index is 11.0. The van der Waals surface area contributed by atoms with E-state index in [9.17, 15) is 10.2 Å². The molecule has 2 N–H and O–H groups in total. The summed E-state index contributed by atoms with van der Waals surface area (Å²) in [6, 6.07) is 0. The molecule has 0 radical (unpaired) electrons. The van der Waals surface area contributed by atoms with Crippen LogP contribution in [0, 0.1) is 46.3 Å². The van der Waals surface area contributed by atoms with Crippen LogP contribution in [0.1, 0.15) is 106 Å². The van der Waals surface area contributed by atoms with E-state index in [-0.39, 0.29) is 5.60 Å². The maximum absolute atomic E-state index is 11.0. The number of fused-ring (bicyclic) bond motifs is 5. The van der Waals surface area contributed by atoms with Crippen LogP contribution in [-0.4, -0.2) is 21.4 Å². The van der Waals surface area contributed by atoms with Crippen molar-refractivity contribution in [3.8, 4) is 0 Å². The van der Waals surface area contributed by atoms with Crippen molar-refractivity contribution in [1.82, 2.24) is 0 Å². The van der Waals surface area contributed by atoms with E-state index in [4.69, 9.17) is 0 Å². The van der Waals surface area contributed by atoms with Gasteiger partial charge in [-0.15, -0.1) is 0 Å². The van der Waals surface area contributed by atoms with Gasteiger partial charge in [0, 0.05) is 0 Å². The van der Waals surface area contributed by atoms with Crippen LogP contribution in [0.2, 0.25) is 0 Å². The Morgan fingerprint density at radius 3 is 2.25 bits per heavy atom. The van der Waals surface area contributed by atoms with Crippen LogP contribution < -0.4 is 0 Å². The molecule has 0 heterocycles. The first-order valence-electron chi connectivity index (χ1n) is 12.4. The van der Waals surface area contributed by atoms with Gasteiger partial charge in [-0.1, -0.05) is 27.7 Å². The highest BCUT2D eigenvalue weighted by molar-refractivity contribution is 5.11. The number of aliphatic hydroxyl groups is 2. The molecule has 162 valence electrons. The van der Waals surface area contributed by atoms with Crippen molar-refractivity contribution in [2.75, 3.05) is 0 Å². The van der Waals surface area contributed by atoms with Gasteiger partial charge in [0.1, 0.15) is 0 Å². The summed E-state index contributed by atoms with van der Waals surface area (Å²) < 4.78 is 0. The molecule has 4 rings (SSSR count). The molecule has 0 bridgehead atoms. The molecular formula is C26H46O2. The molecule has 1 unspecified atom stereocenters. The Labute approximate surface area is 173 Å². The first kappa shape index (κ1) is 21.2. The molecule has 2 heteroatoms. The van der Waals surface area contributed by atoms with Crippen LogP contribution in [-0.2, 0) is 0 Å². The standard InChI is InChI=1S/C26H46O2/c1-7-26(28)15-14-24(5)18(16-26)8-9-19-21-11-10-20(17(2)23(3,4)27)25(21,6)13-12-22(19)24/h17-22,27-28H,7-16H2,1-6H3/t17?,18-,19-,20+,21-,22-,24-,25+,26-/m0/s1. The monoisotopic (exact) mass is 390 g/mol. The average Bonchev–Trinajstić information content (AvgIpc) is 2.98. The zero-order valence-corrected chi connectivity index (χ0v) is 19.4. The van der Waals surface area contributed by atoms with E-state index in [1.54, 1.807) is 0 Å². The van der Waals surface area contributed by atoms with Crippen molar-refractivity contribution in [1.29, 1.82) is 0 Å². The van der Waals surface area contributed by atoms with E-state index < -0.39 is 5.60 Å². The van der Waals surface area contributed by atoms with Gasteiger partial charge in [-0.3, -0.25) is 0 Å². The zero-order valence-electron chi connectivity index (χ0n) is 19.4. The van der Waals surface area contributed by atoms with Crippen molar-refractivity contribution in [2.45, 2.75) is 117 Å². The Morgan fingerprint density at radius 1 is 0.929 bits per heavy atom. The van der Waals surface area contributed by atoms with E-state index in [1.807, 2.05) is 13.8 Å². The van der Waals surface area contributed by atoms with Gasteiger partial charge in [0.25, 0.3) is 0 Å². The number of hydrogen-bond donors (Lipinski definition) is 2. The van der Waals surface area contributed by atoms with E-state index in [0.717, 1.165) is 42.9 Å². The van der Waals surface area contributed by atoms with Crippen molar-refractivity contribution < 1.29 is 10.2 Å². The molecular weight excluding hydrogens is 344 g/mol. The van der Waals surface area contributed by atoms with Gasteiger partial charge in [0.05, 0.1) is 11.2 Å². The van der Waals surface area contributed by atoms with Gasteiger partial charge in [0.2, 0.25) is 0 Å². The summed E-state index contributed by atoms with van der Waals surface area (Å²) in [5.41, 5.74) is -0.0912. The van der Waals surface area contributed by atoms with Crippen molar-refractivity contribution >= 4 is 0 Å². The summed E-state index contributed by atoms with van der Waals surface area (Å²) in [5, 5.41) is 21.7. The smallest absolute Gasteiger partial charge is 0.0648 e. The molecule has 4 fully saturated rings. The molecule has 0 aliphatic heterocycles. The van der Waals surface area contributed by atoms with E-state index in [0.29, 0.717) is 22.7 Å². The second-order valence-corrected chi connectivity index (χ2v) is 12.6.